The van der Waals surface area contributed by atoms with Crippen molar-refractivity contribution in [1.29, 1.82) is 0 Å². The number of carbonyl (C=O) groups excluding carboxylic acids is 1. The van der Waals surface area contributed by atoms with Gasteiger partial charge in [-0.25, -0.2) is 4.79 Å². The number of nitrogens with zero attached hydrogens (tertiary/aromatic N) is 1. The fraction of sp³-hybridized carbons (Fsp3) is 0.923. The molecule has 4 heteroatoms. The maximum atomic E-state index is 11.9. The minimum Gasteiger partial charge on any atom is -0.335 e. The van der Waals surface area contributed by atoms with E-state index in [1.165, 1.54) is 38.5 Å². The molecule has 1 saturated carbocycles. The van der Waals surface area contributed by atoms with Gasteiger partial charge in [0.1, 0.15) is 0 Å². The van der Waals surface area contributed by atoms with Crippen LogP contribution in [0.15, 0.2) is 0 Å². The lowest BCUT2D eigenvalue weighted by Gasteiger charge is -2.44. The highest BCUT2D eigenvalue weighted by Gasteiger charge is 2.37. The second-order valence-electron chi connectivity index (χ2n) is 5.96. The fourth-order valence-corrected chi connectivity index (χ4v) is 3.13. The average Bonchev–Trinajstić information content (AvgIpc) is 3.15. The Bertz CT molecular complexity index is 285. The summed E-state index contributed by atoms with van der Waals surface area (Å²) in [6.07, 6.45) is 7.35. The summed E-state index contributed by atoms with van der Waals surface area (Å²) in [4.78, 5) is 13.9. The molecule has 1 spiro atoms. The van der Waals surface area contributed by atoms with Gasteiger partial charge in [-0.05, 0) is 57.0 Å². The number of hydrogen-bond donors (Lipinski definition) is 2. The molecule has 17 heavy (non-hydrogen) atoms. The minimum atomic E-state index is 0.177. The van der Waals surface area contributed by atoms with Crippen molar-refractivity contribution in [2.24, 2.45) is 5.41 Å². The van der Waals surface area contributed by atoms with Crippen LogP contribution < -0.4 is 10.6 Å². The third kappa shape index (κ3) is 2.57. The lowest BCUT2D eigenvalue weighted by molar-refractivity contribution is 0.0874. The van der Waals surface area contributed by atoms with Crippen molar-refractivity contribution in [3.05, 3.63) is 0 Å². The van der Waals surface area contributed by atoms with Crippen LogP contribution in [-0.2, 0) is 0 Å². The monoisotopic (exact) mass is 237 g/mol. The first kappa shape index (κ1) is 11.3. The number of nitrogens with one attached hydrogen (secondary N) is 2. The molecule has 3 fully saturated rings. The summed E-state index contributed by atoms with van der Waals surface area (Å²) in [5.41, 5.74) is 0.543. The second-order valence-corrected chi connectivity index (χ2v) is 5.96. The van der Waals surface area contributed by atoms with E-state index >= 15 is 0 Å². The molecule has 4 nitrogen and oxygen atoms in total. The zero-order valence-electron chi connectivity index (χ0n) is 10.5. The van der Waals surface area contributed by atoms with Gasteiger partial charge >= 0.3 is 6.03 Å². The number of urea groups is 1. The van der Waals surface area contributed by atoms with E-state index in [1.807, 2.05) is 4.90 Å². The average molecular weight is 237 g/mol. The Morgan fingerprint density at radius 3 is 2.35 bits per heavy atom. The Morgan fingerprint density at radius 1 is 1.12 bits per heavy atom. The van der Waals surface area contributed by atoms with E-state index in [9.17, 15) is 4.79 Å². The van der Waals surface area contributed by atoms with Gasteiger partial charge in [-0.15, -0.1) is 0 Å². The number of amides is 2. The number of rotatable bonds is 1. The highest BCUT2D eigenvalue weighted by molar-refractivity contribution is 5.75. The predicted molar refractivity (Wildman–Crippen MR) is 66.9 cm³/mol. The summed E-state index contributed by atoms with van der Waals surface area (Å²) in [6, 6.07) is 0.661. The van der Waals surface area contributed by atoms with Gasteiger partial charge in [-0.3, -0.25) is 0 Å². The first-order valence-corrected chi connectivity index (χ1v) is 7.04. The van der Waals surface area contributed by atoms with Crippen molar-refractivity contribution in [2.75, 3.05) is 26.2 Å². The van der Waals surface area contributed by atoms with E-state index in [0.717, 1.165) is 26.2 Å². The van der Waals surface area contributed by atoms with Crippen molar-refractivity contribution in [2.45, 2.75) is 44.6 Å². The van der Waals surface area contributed by atoms with Crippen LogP contribution in [0.5, 0.6) is 0 Å². The molecule has 2 aliphatic heterocycles. The molecule has 0 unspecified atom stereocenters. The van der Waals surface area contributed by atoms with E-state index in [2.05, 4.69) is 10.6 Å². The Balaban J connectivity index is 1.50. The Morgan fingerprint density at radius 2 is 1.76 bits per heavy atom. The van der Waals surface area contributed by atoms with E-state index < -0.39 is 0 Å². The topological polar surface area (TPSA) is 44.4 Å². The Kier molecular flexibility index (Phi) is 2.99. The standard InChI is InChI=1S/C13H23N3O/c17-12(15-11-1-2-11)16-9-5-13(6-10-16)3-7-14-8-4-13/h11,14H,1-10H2,(H,15,17). The summed E-state index contributed by atoms with van der Waals surface area (Å²) in [5.74, 6) is 0. The van der Waals surface area contributed by atoms with Crippen LogP contribution in [0.2, 0.25) is 0 Å². The first-order valence-electron chi connectivity index (χ1n) is 7.04. The van der Waals surface area contributed by atoms with Gasteiger partial charge in [0.15, 0.2) is 0 Å². The van der Waals surface area contributed by atoms with Crippen LogP contribution in [0.25, 0.3) is 0 Å². The summed E-state index contributed by atoms with van der Waals surface area (Å²) in [5, 5.41) is 6.52. The summed E-state index contributed by atoms with van der Waals surface area (Å²) in [6.45, 7) is 4.24. The number of likely N-dealkylation sites (tertiary alicyclic amines) is 1. The van der Waals surface area contributed by atoms with Crippen molar-refractivity contribution < 1.29 is 4.79 Å². The van der Waals surface area contributed by atoms with Crippen LogP contribution in [0, 0.1) is 5.41 Å². The molecule has 2 heterocycles. The lowest BCUT2D eigenvalue weighted by atomic mass is 9.72. The summed E-state index contributed by atoms with van der Waals surface area (Å²) < 4.78 is 0. The summed E-state index contributed by atoms with van der Waals surface area (Å²) in [7, 11) is 0. The second kappa shape index (κ2) is 4.48. The Hall–Kier alpha value is -0.770. The molecule has 96 valence electrons. The van der Waals surface area contributed by atoms with Crippen LogP contribution >= 0.6 is 0 Å². The third-order valence-electron chi connectivity index (χ3n) is 4.68. The molecule has 0 atom stereocenters. The van der Waals surface area contributed by atoms with E-state index in [-0.39, 0.29) is 6.03 Å². The van der Waals surface area contributed by atoms with Crippen LogP contribution in [0.4, 0.5) is 4.79 Å². The van der Waals surface area contributed by atoms with Crippen molar-refractivity contribution >= 4 is 6.03 Å². The molecular weight excluding hydrogens is 214 g/mol. The molecule has 2 amide bonds. The Labute approximate surface area is 103 Å². The SMILES string of the molecule is O=C(NC1CC1)N1CCC2(CCNCC2)CC1. The van der Waals surface area contributed by atoms with E-state index in [0.29, 0.717) is 11.5 Å². The molecule has 0 bridgehead atoms. The molecule has 1 aliphatic carbocycles. The van der Waals surface area contributed by atoms with Crippen molar-refractivity contribution in [1.82, 2.24) is 15.5 Å². The highest BCUT2D eigenvalue weighted by Crippen LogP contribution is 2.39. The molecule has 2 saturated heterocycles. The number of hydrogen-bond acceptors (Lipinski definition) is 2. The van der Waals surface area contributed by atoms with Gasteiger partial charge in [0.2, 0.25) is 0 Å². The van der Waals surface area contributed by atoms with Gasteiger partial charge < -0.3 is 15.5 Å². The zero-order chi connectivity index (χ0) is 11.7. The zero-order valence-corrected chi connectivity index (χ0v) is 10.5. The van der Waals surface area contributed by atoms with Crippen LogP contribution in [-0.4, -0.2) is 43.2 Å². The van der Waals surface area contributed by atoms with Gasteiger partial charge in [0.05, 0.1) is 0 Å². The number of piperidine rings is 2. The molecule has 2 N–H and O–H groups in total. The van der Waals surface area contributed by atoms with Crippen molar-refractivity contribution in [3.63, 3.8) is 0 Å². The molecule has 3 aliphatic rings. The van der Waals surface area contributed by atoms with E-state index in [1.54, 1.807) is 0 Å². The van der Waals surface area contributed by atoms with Gasteiger partial charge in [-0.2, -0.15) is 0 Å². The molecule has 0 radical (unpaired) electrons. The quantitative estimate of drug-likeness (QED) is 0.722. The number of carbonyl (C=O) groups is 1. The minimum absolute atomic E-state index is 0.177. The van der Waals surface area contributed by atoms with Crippen molar-refractivity contribution in [3.8, 4) is 0 Å². The van der Waals surface area contributed by atoms with Gasteiger partial charge in [0, 0.05) is 19.1 Å². The normalized spacial score (nSPS) is 28.1. The third-order valence-corrected chi connectivity index (χ3v) is 4.68. The molecule has 0 aromatic heterocycles. The molecule has 3 rings (SSSR count). The maximum absolute atomic E-state index is 11.9. The maximum Gasteiger partial charge on any atom is 0.317 e. The largest absolute Gasteiger partial charge is 0.335 e. The smallest absolute Gasteiger partial charge is 0.317 e. The van der Waals surface area contributed by atoms with Gasteiger partial charge in [-0.1, -0.05) is 0 Å². The fourth-order valence-electron chi connectivity index (χ4n) is 3.13. The van der Waals surface area contributed by atoms with Crippen LogP contribution in [0.3, 0.4) is 0 Å². The molecule has 0 aromatic rings. The van der Waals surface area contributed by atoms with Gasteiger partial charge in [0.25, 0.3) is 0 Å². The highest BCUT2D eigenvalue weighted by atomic mass is 16.2. The van der Waals surface area contributed by atoms with Crippen LogP contribution in [0.1, 0.15) is 38.5 Å². The predicted octanol–water partition coefficient (Wildman–Crippen LogP) is 1.32. The molecular formula is C13H23N3O. The van der Waals surface area contributed by atoms with E-state index in [4.69, 9.17) is 0 Å². The first-order chi connectivity index (χ1) is 8.27. The molecule has 0 aromatic carbocycles. The summed E-state index contributed by atoms with van der Waals surface area (Å²) >= 11 is 0. The lowest BCUT2D eigenvalue weighted by Crippen LogP contribution is -2.50.